The summed E-state index contributed by atoms with van der Waals surface area (Å²) in [5, 5.41) is 17.8. The number of aliphatic hydroxyl groups excluding tert-OH is 2. The molecule has 0 saturated heterocycles. The Morgan fingerprint density at radius 3 is 2.54 bits per heavy atom. The molecule has 0 aromatic heterocycles. The van der Waals surface area contributed by atoms with Crippen LogP contribution in [0.25, 0.3) is 0 Å². The number of carbonyl (C=O) groups is 2. The van der Waals surface area contributed by atoms with Crippen molar-refractivity contribution in [3.05, 3.63) is 11.6 Å². The molecule has 1 aliphatic rings. The molecule has 1 unspecified atom stereocenters. The predicted molar refractivity (Wildman–Crippen MR) is 43.3 cm³/mol. The van der Waals surface area contributed by atoms with E-state index in [2.05, 4.69) is 0 Å². The zero-order valence-corrected chi connectivity index (χ0v) is 7.23. The van der Waals surface area contributed by atoms with Gasteiger partial charge >= 0.3 is 0 Å². The Morgan fingerprint density at radius 2 is 2.15 bits per heavy atom. The van der Waals surface area contributed by atoms with Crippen molar-refractivity contribution >= 4 is 11.8 Å². The number of aliphatic hydroxyl groups is 2. The van der Waals surface area contributed by atoms with Gasteiger partial charge in [-0.2, -0.15) is 0 Å². The summed E-state index contributed by atoms with van der Waals surface area (Å²) in [6, 6.07) is 0. The molecule has 5 heteroatoms. The minimum atomic E-state index is -1.22. The molecule has 72 valence electrons. The van der Waals surface area contributed by atoms with Gasteiger partial charge in [0.25, 0.3) is 11.8 Å². The van der Waals surface area contributed by atoms with Crippen LogP contribution in [-0.4, -0.2) is 39.8 Å². The minimum Gasteiger partial charge on any atom is -0.396 e. The van der Waals surface area contributed by atoms with Gasteiger partial charge in [0, 0.05) is 24.7 Å². The summed E-state index contributed by atoms with van der Waals surface area (Å²) in [5.74, 6) is -1.02. The molecule has 2 N–H and O–H groups in total. The zero-order valence-electron chi connectivity index (χ0n) is 7.23. The van der Waals surface area contributed by atoms with Crippen molar-refractivity contribution in [1.82, 2.24) is 4.90 Å². The Kier molecular flexibility index (Phi) is 2.79. The van der Waals surface area contributed by atoms with Gasteiger partial charge in [0.05, 0.1) is 0 Å². The molecule has 0 spiro atoms. The average Bonchev–Trinajstić information content (AvgIpc) is 2.27. The van der Waals surface area contributed by atoms with Crippen molar-refractivity contribution < 1.29 is 19.8 Å². The molecular formula is C8H11NO4. The van der Waals surface area contributed by atoms with Crippen LogP contribution in [0, 0.1) is 0 Å². The summed E-state index contributed by atoms with van der Waals surface area (Å²) in [4.78, 5) is 23.1. The van der Waals surface area contributed by atoms with E-state index in [0.717, 1.165) is 4.90 Å². The van der Waals surface area contributed by atoms with Crippen LogP contribution >= 0.6 is 0 Å². The largest absolute Gasteiger partial charge is 0.396 e. The molecule has 2 amide bonds. The molecule has 0 aromatic carbocycles. The van der Waals surface area contributed by atoms with Crippen LogP contribution in [0.4, 0.5) is 0 Å². The fraction of sp³-hybridized carbons (Fsp3) is 0.500. The summed E-state index contributed by atoms with van der Waals surface area (Å²) in [6.07, 6.45) is -0.0691. The smallest absolute Gasteiger partial charge is 0.258 e. The Morgan fingerprint density at radius 1 is 1.54 bits per heavy atom. The number of carbonyl (C=O) groups excluding carboxylic acids is 2. The number of imide groups is 1. The van der Waals surface area contributed by atoms with Gasteiger partial charge in [0.15, 0.2) is 0 Å². The first kappa shape index (κ1) is 9.88. The van der Waals surface area contributed by atoms with Crippen molar-refractivity contribution in [1.29, 1.82) is 0 Å². The molecule has 0 radical (unpaired) electrons. The van der Waals surface area contributed by atoms with Gasteiger partial charge in [0.2, 0.25) is 0 Å². The highest BCUT2D eigenvalue weighted by Gasteiger charge is 2.32. The molecule has 1 heterocycles. The molecule has 0 bridgehead atoms. The van der Waals surface area contributed by atoms with E-state index in [9.17, 15) is 14.7 Å². The maximum atomic E-state index is 11.2. The molecule has 0 saturated carbocycles. The van der Waals surface area contributed by atoms with E-state index in [-0.39, 0.29) is 13.0 Å². The van der Waals surface area contributed by atoms with Gasteiger partial charge in [-0.15, -0.1) is 0 Å². The van der Waals surface area contributed by atoms with Crippen molar-refractivity contribution in [3.8, 4) is 0 Å². The van der Waals surface area contributed by atoms with Crippen LogP contribution in [0.1, 0.15) is 13.3 Å². The molecule has 1 rings (SSSR count). The van der Waals surface area contributed by atoms with E-state index in [1.165, 1.54) is 13.0 Å². The lowest BCUT2D eigenvalue weighted by Gasteiger charge is -2.20. The molecular weight excluding hydrogens is 174 g/mol. The molecule has 1 atom stereocenters. The van der Waals surface area contributed by atoms with E-state index < -0.39 is 18.0 Å². The second kappa shape index (κ2) is 3.68. The van der Waals surface area contributed by atoms with Crippen LogP contribution in [0.15, 0.2) is 11.6 Å². The number of amides is 2. The van der Waals surface area contributed by atoms with Gasteiger partial charge in [-0.1, -0.05) is 0 Å². The first-order valence-corrected chi connectivity index (χ1v) is 3.92. The Bertz CT molecular complexity index is 271. The van der Waals surface area contributed by atoms with E-state index in [1.807, 2.05) is 0 Å². The van der Waals surface area contributed by atoms with Crippen molar-refractivity contribution in [2.75, 3.05) is 6.61 Å². The van der Waals surface area contributed by atoms with Crippen molar-refractivity contribution in [3.63, 3.8) is 0 Å². The summed E-state index contributed by atoms with van der Waals surface area (Å²) in [7, 11) is 0. The van der Waals surface area contributed by atoms with Gasteiger partial charge in [-0.05, 0) is 6.92 Å². The molecule has 0 fully saturated rings. The molecule has 0 aromatic rings. The fourth-order valence-corrected chi connectivity index (χ4v) is 1.13. The van der Waals surface area contributed by atoms with Gasteiger partial charge in [-0.25, -0.2) is 4.90 Å². The number of hydrogen-bond donors (Lipinski definition) is 2. The van der Waals surface area contributed by atoms with E-state index in [0.29, 0.717) is 5.57 Å². The Labute approximate surface area is 75.3 Å². The lowest BCUT2D eigenvalue weighted by atomic mass is 10.3. The SMILES string of the molecule is CC1=CC(=O)N(C(O)CCO)C1=O. The highest BCUT2D eigenvalue weighted by Crippen LogP contribution is 2.15. The van der Waals surface area contributed by atoms with Crippen LogP contribution in [0.5, 0.6) is 0 Å². The summed E-state index contributed by atoms with van der Waals surface area (Å²) >= 11 is 0. The minimum absolute atomic E-state index is 0.0153. The van der Waals surface area contributed by atoms with E-state index in [1.54, 1.807) is 0 Å². The number of rotatable bonds is 3. The van der Waals surface area contributed by atoms with Crippen LogP contribution in [-0.2, 0) is 9.59 Å². The quantitative estimate of drug-likeness (QED) is 0.553. The van der Waals surface area contributed by atoms with Crippen molar-refractivity contribution in [2.24, 2.45) is 0 Å². The van der Waals surface area contributed by atoms with Crippen LogP contribution in [0.3, 0.4) is 0 Å². The molecule has 1 aliphatic heterocycles. The topological polar surface area (TPSA) is 77.8 Å². The lowest BCUT2D eigenvalue weighted by molar-refractivity contribution is -0.148. The normalized spacial score (nSPS) is 19.3. The highest BCUT2D eigenvalue weighted by molar-refractivity contribution is 6.15. The second-order valence-corrected chi connectivity index (χ2v) is 2.83. The standard InChI is InChI=1S/C8H11NO4/c1-5-4-7(12)9(8(5)13)6(11)2-3-10/h4,6,10-11H,2-3H2,1H3. The summed E-state index contributed by atoms with van der Waals surface area (Å²) < 4.78 is 0. The third-order valence-corrected chi connectivity index (χ3v) is 1.82. The van der Waals surface area contributed by atoms with Crippen LogP contribution < -0.4 is 0 Å². The lowest BCUT2D eigenvalue weighted by Crippen LogP contribution is -2.40. The third kappa shape index (κ3) is 1.76. The highest BCUT2D eigenvalue weighted by atomic mass is 16.3. The molecule has 13 heavy (non-hydrogen) atoms. The van der Waals surface area contributed by atoms with E-state index in [4.69, 9.17) is 5.11 Å². The van der Waals surface area contributed by atoms with Gasteiger partial charge in [0.1, 0.15) is 6.23 Å². The number of nitrogens with zero attached hydrogens (tertiary/aromatic N) is 1. The van der Waals surface area contributed by atoms with Crippen LogP contribution in [0.2, 0.25) is 0 Å². The average molecular weight is 185 g/mol. The maximum absolute atomic E-state index is 11.2. The first-order valence-electron chi connectivity index (χ1n) is 3.92. The van der Waals surface area contributed by atoms with Crippen molar-refractivity contribution in [2.45, 2.75) is 19.6 Å². The monoisotopic (exact) mass is 185 g/mol. The summed E-state index contributed by atoms with van der Waals surface area (Å²) in [6.45, 7) is 1.24. The van der Waals surface area contributed by atoms with E-state index >= 15 is 0 Å². The third-order valence-electron chi connectivity index (χ3n) is 1.82. The summed E-state index contributed by atoms with van der Waals surface area (Å²) in [5.41, 5.74) is 0.307. The maximum Gasteiger partial charge on any atom is 0.258 e. The fourth-order valence-electron chi connectivity index (χ4n) is 1.13. The number of hydrogen-bond acceptors (Lipinski definition) is 4. The second-order valence-electron chi connectivity index (χ2n) is 2.83. The van der Waals surface area contributed by atoms with Gasteiger partial charge < -0.3 is 10.2 Å². The van der Waals surface area contributed by atoms with Gasteiger partial charge in [-0.3, -0.25) is 9.59 Å². The Hall–Kier alpha value is -1.20. The zero-order chi connectivity index (χ0) is 10.0. The molecule has 0 aliphatic carbocycles. The molecule has 5 nitrogen and oxygen atoms in total. The predicted octanol–water partition coefficient (Wildman–Crippen LogP) is -0.998. The first-order chi connectivity index (χ1) is 6.07. The Balaban J connectivity index is 2.73.